The van der Waals surface area contributed by atoms with Crippen molar-refractivity contribution in [1.82, 2.24) is 9.97 Å². The van der Waals surface area contributed by atoms with Crippen LogP contribution in [0.25, 0.3) is 0 Å². The number of hydrogen-bond acceptors (Lipinski definition) is 6. The van der Waals surface area contributed by atoms with Gasteiger partial charge in [0.15, 0.2) is 5.13 Å². The van der Waals surface area contributed by atoms with Crippen molar-refractivity contribution in [3.8, 4) is 5.75 Å². The second-order valence-electron chi connectivity index (χ2n) is 3.85. The number of nitrogen functional groups attached to an aromatic ring is 1. The first-order valence-corrected chi connectivity index (χ1v) is 7.25. The maximum absolute atomic E-state index is 5.60. The number of ether oxygens (including phenoxy) is 1. The lowest BCUT2D eigenvalue weighted by molar-refractivity contribution is 0.407. The van der Waals surface area contributed by atoms with Gasteiger partial charge >= 0.3 is 0 Å². The van der Waals surface area contributed by atoms with Crippen molar-refractivity contribution in [1.29, 1.82) is 0 Å². The number of thiazole rings is 1. The average Bonchev–Trinajstić information content (AvgIpc) is 2.75. The van der Waals surface area contributed by atoms with E-state index in [0.29, 0.717) is 5.13 Å². The van der Waals surface area contributed by atoms with Gasteiger partial charge in [-0.15, -0.1) is 11.8 Å². The molecule has 2 aromatic heterocycles. The van der Waals surface area contributed by atoms with Crippen molar-refractivity contribution in [2.24, 2.45) is 0 Å². The Kier molecular flexibility index (Phi) is 4.08. The van der Waals surface area contributed by atoms with E-state index >= 15 is 0 Å². The van der Waals surface area contributed by atoms with Crippen molar-refractivity contribution in [3.63, 3.8) is 0 Å². The number of anilines is 1. The van der Waals surface area contributed by atoms with Crippen LogP contribution >= 0.6 is 23.1 Å². The van der Waals surface area contributed by atoms with Crippen LogP contribution in [-0.2, 0) is 5.75 Å². The second-order valence-corrected chi connectivity index (χ2v) is 6.19. The van der Waals surface area contributed by atoms with E-state index in [1.165, 1.54) is 11.3 Å². The van der Waals surface area contributed by atoms with E-state index in [2.05, 4.69) is 9.97 Å². The molecule has 2 N–H and O–H groups in total. The molecule has 0 radical (unpaired) electrons. The molecule has 0 aliphatic heterocycles. The smallest absolute Gasteiger partial charge is 0.181 e. The van der Waals surface area contributed by atoms with Gasteiger partial charge in [0.1, 0.15) is 5.75 Å². The van der Waals surface area contributed by atoms with Crippen molar-refractivity contribution in [2.75, 3.05) is 12.8 Å². The highest BCUT2D eigenvalue weighted by Gasteiger charge is 2.10. The monoisotopic (exact) mass is 281 g/mol. The number of nitrogens with two attached hydrogens (primary N) is 1. The van der Waals surface area contributed by atoms with Gasteiger partial charge in [-0.3, -0.25) is 4.98 Å². The Morgan fingerprint density at radius 1 is 1.33 bits per heavy atom. The minimum atomic E-state index is 0.601. The van der Waals surface area contributed by atoms with Crippen LogP contribution in [0.1, 0.15) is 16.8 Å². The van der Waals surface area contributed by atoms with Gasteiger partial charge in [-0.1, -0.05) is 11.3 Å². The second kappa shape index (κ2) is 5.58. The molecular weight excluding hydrogens is 266 g/mol. The molecule has 0 saturated heterocycles. The summed E-state index contributed by atoms with van der Waals surface area (Å²) in [6.45, 7) is 4.04. The van der Waals surface area contributed by atoms with Gasteiger partial charge in [0.2, 0.25) is 0 Å². The standard InChI is InChI=1S/C12H15N3OS2/c1-7-4-14-9(8(2)11(7)16-3)6-17-10-5-15-12(13)18-10/h4-5H,6H2,1-3H3,(H2,13,15). The van der Waals surface area contributed by atoms with Gasteiger partial charge in [0.05, 0.1) is 23.2 Å². The molecule has 0 aliphatic rings. The summed E-state index contributed by atoms with van der Waals surface area (Å²) < 4.78 is 6.50. The van der Waals surface area contributed by atoms with Crippen LogP contribution in [0.4, 0.5) is 5.13 Å². The molecule has 0 spiro atoms. The van der Waals surface area contributed by atoms with Gasteiger partial charge < -0.3 is 10.5 Å². The minimum absolute atomic E-state index is 0.601. The largest absolute Gasteiger partial charge is 0.496 e. The molecule has 0 atom stereocenters. The topological polar surface area (TPSA) is 61.0 Å². The molecule has 0 aliphatic carbocycles. The summed E-state index contributed by atoms with van der Waals surface area (Å²) in [4.78, 5) is 8.49. The summed E-state index contributed by atoms with van der Waals surface area (Å²) in [5.74, 6) is 1.72. The Balaban J connectivity index is 2.14. The number of methoxy groups -OCH3 is 1. The molecule has 0 saturated carbocycles. The van der Waals surface area contributed by atoms with Crippen LogP contribution < -0.4 is 10.5 Å². The lowest BCUT2D eigenvalue weighted by Gasteiger charge is -2.11. The van der Waals surface area contributed by atoms with Crippen molar-refractivity contribution in [3.05, 3.63) is 29.2 Å². The fourth-order valence-corrected chi connectivity index (χ4v) is 3.48. The van der Waals surface area contributed by atoms with Gasteiger partial charge in [-0.2, -0.15) is 0 Å². The van der Waals surface area contributed by atoms with E-state index in [4.69, 9.17) is 10.5 Å². The van der Waals surface area contributed by atoms with E-state index in [9.17, 15) is 0 Å². The van der Waals surface area contributed by atoms with Crippen molar-refractivity contribution < 1.29 is 4.74 Å². The number of aryl methyl sites for hydroxylation is 1. The van der Waals surface area contributed by atoms with E-state index in [1.54, 1.807) is 25.1 Å². The molecule has 18 heavy (non-hydrogen) atoms. The summed E-state index contributed by atoms with van der Waals surface area (Å²) in [5.41, 5.74) is 8.80. The Morgan fingerprint density at radius 2 is 2.11 bits per heavy atom. The first-order chi connectivity index (χ1) is 8.61. The Labute approximate surface area is 115 Å². The third kappa shape index (κ3) is 2.76. The minimum Gasteiger partial charge on any atom is -0.496 e. The van der Waals surface area contributed by atoms with Crippen molar-refractivity contribution >= 4 is 28.2 Å². The molecule has 0 bridgehead atoms. The summed E-state index contributed by atoms with van der Waals surface area (Å²) >= 11 is 3.19. The van der Waals surface area contributed by atoms with E-state index < -0.39 is 0 Å². The number of rotatable bonds is 4. The highest BCUT2D eigenvalue weighted by Crippen LogP contribution is 2.32. The molecule has 96 valence electrons. The Bertz CT molecular complexity index is 554. The zero-order chi connectivity index (χ0) is 13.1. The predicted molar refractivity (Wildman–Crippen MR) is 76.4 cm³/mol. The molecule has 0 fully saturated rings. The normalized spacial score (nSPS) is 10.6. The molecule has 0 unspecified atom stereocenters. The van der Waals surface area contributed by atoms with E-state index in [0.717, 1.165) is 32.5 Å². The number of thioether (sulfide) groups is 1. The third-order valence-corrected chi connectivity index (χ3v) is 4.64. The van der Waals surface area contributed by atoms with Crippen LogP contribution in [0.5, 0.6) is 5.75 Å². The molecule has 0 amide bonds. The van der Waals surface area contributed by atoms with Crippen LogP contribution in [-0.4, -0.2) is 17.1 Å². The fraction of sp³-hybridized carbons (Fsp3) is 0.333. The number of nitrogens with zero attached hydrogens (tertiary/aromatic N) is 2. The predicted octanol–water partition coefficient (Wildman–Crippen LogP) is 3.04. The van der Waals surface area contributed by atoms with Crippen LogP contribution in [0.15, 0.2) is 16.6 Å². The molecular formula is C12H15N3OS2. The van der Waals surface area contributed by atoms with Crippen LogP contribution in [0, 0.1) is 13.8 Å². The maximum Gasteiger partial charge on any atom is 0.181 e. The lowest BCUT2D eigenvalue weighted by Crippen LogP contribution is -1.98. The SMILES string of the molecule is COc1c(C)cnc(CSc2cnc(N)s2)c1C. The highest BCUT2D eigenvalue weighted by atomic mass is 32.2. The lowest BCUT2D eigenvalue weighted by atomic mass is 10.1. The quantitative estimate of drug-likeness (QED) is 0.873. The molecule has 6 heteroatoms. The molecule has 2 aromatic rings. The Morgan fingerprint density at radius 3 is 2.72 bits per heavy atom. The van der Waals surface area contributed by atoms with E-state index in [1.807, 2.05) is 20.0 Å². The summed E-state index contributed by atoms with van der Waals surface area (Å²) in [6, 6.07) is 0. The summed E-state index contributed by atoms with van der Waals surface area (Å²) in [7, 11) is 1.69. The summed E-state index contributed by atoms with van der Waals surface area (Å²) in [6.07, 6.45) is 3.65. The van der Waals surface area contributed by atoms with Crippen LogP contribution in [0.2, 0.25) is 0 Å². The number of pyridine rings is 1. The van der Waals surface area contributed by atoms with Gasteiger partial charge in [0.25, 0.3) is 0 Å². The van der Waals surface area contributed by atoms with Gasteiger partial charge in [0, 0.05) is 23.1 Å². The first-order valence-electron chi connectivity index (χ1n) is 5.45. The fourth-order valence-electron chi connectivity index (χ4n) is 1.69. The molecule has 4 nitrogen and oxygen atoms in total. The Hall–Kier alpha value is -1.27. The first kappa shape index (κ1) is 13.2. The molecule has 0 aromatic carbocycles. The van der Waals surface area contributed by atoms with Gasteiger partial charge in [-0.05, 0) is 13.8 Å². The van der Waals surface area contributed by atoms with Crippen molar-refractivity contribution in [2.45, 2.75) is 23.8 Å². The zero-order valence-electron chi connectivity index (χ0n) is 10.6. The molecule has 2 rings (SSSR count). The van der Waals surface area contributed by atoms with E-state index in [-0.39, 0.29) is 0 Å². The number of hydrogen-bond donors (Lipinski definition) is 1. The summed E-state index contributed by atoms with van der Waals surface area (Å²) in [5, 5.41) is 0.601. The van der Waals surface area contributed by atoms with Gasteiger partial charge in [-0.25, -0.2) is 4.98 Å². The molecule has 2 heterocycles. The van der Waals surface area contributed by atoms with Crippen LogP contribution in [0.3, 0.4) is 0 Å². The number of aromatic nitrogens is 2. The zero-order valence-corrected chi connectivity index (χ0v) is 12.2. The maximum atomic E-state index is 5.60. The highest BCUT2D eigenvalue weighted by molar-refractivity contribution is 8.00. The third-order valence-electron chi connectivity index (χ3n) is 2.60. The average molecular weight is 281 g/mol.